The van der Waals surface area contributed by atoms with Crippen molar-refractivity contribution >= 4 is 5.71 Å². The van der Waals surface area contributed by atoms with Crippen molar-refractivity contribution in [1.29, 1.82) is 0 Å². The predicted molar refractivity (Wildman–Crippen MR) is 101 cm³/mol. The maximum atomic E-state index is 9.43. The fourth-order valence-electron chi connectivity index (χ4n) is 2.66. The molecule has 0 aliphatic heterocycles. The second-order valence-electron chi connectivity index (χ2n) is 5.97. The molecule has 0 aliphatic carbocycles. The van der Waals surface area contributed by atoms with Gasteiger partial charge in [-0.2, -0.15) is 0 Å². The molecule has 4 nitrogen and oxygen atoms in total. The lowest BCUT2D eigenvalue weighted by Gasteiger charge is -2.09. The Morgan fingerprint density at radius 1 is 0.920 bits per heavy atom. The van der Waals surface area contributed by atoms with E-state index in [4.69, 9.17) is 9.47 Å². The molecule has 0 aromatic heterocycles. The molecule has 25 heavy (non-hydrogen) atoms. The van der Waals surface area contributed by atoms with Gasteiger partial charge in [-0.15, -0.1) is 0 Å². The van der Waals surface area contributed by atoms with Gasteiger partial charge in [-0.1, -0.05) is 49.9 Å². The quantitative estimate of drug-likeness (QED) is 0.277. The average molecular weight is 341 g/mol. The molecule has 0 atom stereocenters. The number of hydrogen-bond acceptors (Lipinski definition) is 4. The number of ether oxygens (including phenoxy) is 2. The Kier molecular flexibility index (Phi) is 7.83. The molecule has 0 heterocycles. The van der Waals surface area contributed by atoms with Gasteiger partial charge in [-0.3, -0.25) is 0 Å². The van der Waals surface area contributed by atoms with Crippen LogP contribution >= 0.6 is 0 Å². The Bertz CT molecular complexity index is 665. The highest BCUT2D eigenvalue weighted by molar-refractivity contribution is 6.12. The standard InChI is InChI=1S/C21H27NO3/c1-3-4-5-6-7-15-25-19-13-11-17(12-14-19)21(22-23)18-9-8-10-20(16-18)24-2/h8-14,16,23H,3-7,15H2,1-2H3/b22-21+. The molecule has 0 unspecified atom stereocenters. The molecule has 1 N–H and O–H groups in total. The van der Waals surface area contributed by atoms with E-state index in [1.54, 1.807) is 7.11 Å². The monoisotopic (exact) mass is 341 g/mol. The molecule has 4 heteroatoms. The lowest BCUT2D eigenvalue weighted by Crippen LogP contribution is -2.04. The Morgan fingerprint density at radius 3 is 2.36 bits per heavy atom. The van der Waals surface area contributed by atoms with Crippen molar-refractivity contribution in [2.24, 2.45) is 5.16 Å². The van der Waals surface area contributed by atoms with Crippen LogP contribution in [0, 0.1) is 0 Å². The minimum Gasteiger partial charge on any atom is -0.497 e. The highest BCUT2D eigenvalue weighted by Gasteiger charge is 2.09. The molecule has 0 spiro atoms. The van der Waals surface area contributed by atoms with Crippen LogP contribution in [0.2, 0.25) is 0 Å². The number of benzene rings is 2. The van der Waals surface area contributed by atoms with E-state index in [0.717, 1.165) is 35.7 Å². The SMILES string of the molecule is CCCCCCCOc1ccc(/C(=N\O)c2cccc(OC)c2)cc1. The summed E-state index contributed by atoms with van der Waals surface area (Å²) in [5.74, 6) is 1.56. The molecule has 2 aromatic carbocycles. The minimum atomic E-state index is 0.505. The summed E-state index contributed by atoms with van der Waals surface area (Å²) in [6, 6.07) is 15.1. The lowest BCUT2D eigenvalue weighted by molar-refractivity contribution is 0.304. The average Bonchev–Trinajstić information content (AvgIpc) is 2.66. The van der Waals surface area contributed by atoms with Gasteiger partial charge in [-0.05, 0) is 42.8 Å². The number of methoxy groups -OCH3 is 1. The number of nitrogens with zero attached hydrogens (tertiary/aromatic N) is 1. The largest absolute Gasteiger partial charge is 0.497 e. The van der Waals surface area contributed by atoms with E-state index in [1.807, 2.05) is 48.5 Å². The van der Waals surface area contributed by atoms with Crippen molar-refractivity contribution in [2.75, 3.05) is 13.7 Å². The first-order valence-corrected chi connectivity index (χ1v) is 8.88. The third-order valence-electron chi connectivity index (χ3n) is 4.09. The van der Waals surface area contributed by atoms with Gasteiger partial charge in [-0.25, -0.2) is 0 Å². The van der Waals surface area contributed by atoms with Crippen molar-refractivity contribution in [3.8, 4) is 11.5 Å². The maximum Gasteiger partial charge on any atom is 0.119 e. The van der Waals surface area contributed by atoms with E-state index in [-0.39, 0.29) is 0 Å². The van der Waals surface area contributed by atoms with Crippen LogP contribution in [0.15, 0.2) is 53.7 Å². The Balaban J connectivity index is 1.95. The van der Waals surface area contributed by atoms with Crippen molar-refractivity contribution in [1.82, 2.24) is 0 Å². The molecule has 0 radical (unpaired) electrons. The van der Waals surface area contributed by atoms with E-state index >= 15 is 0 Å². The van der Waals surface area contributed by atoms with Gasteiger partial charge in [0.15, 0.2) is 0 Å². The summed E-state index contributed by atoms with van der Waals surface area (Å²) in [6.07, 6.45) is 6.11. The molecule has 0 fully saturated rings. The highest BCUT2D eigenvalue weighted by atomic mass is 16.5. The molecular weight excluding hydrogens is 314 g/mol. The summed E-state index contributed by atoms with van der Waals surface area (Å²) in [6.45, 7) is 2.95. The second-order valence-corrected chi connectivity index (χ2v) is 5.97. The third-order valence-corrected chi connectivity index (χ3v) is 4.09. The van der Waals surface area contributed by atoms with Crippen LogP contribution in [0.3, 0.4) is 0 Å². The van der Waals surface area contributed by atoms with Crippen molar-refractivity contribution in [3.05, 3.63) is 59.7 Å². The zero-order chi connectivity index (χ0) is 17.9. The van der Waals surface area contributed by atoms with Crippen LogP contribution < -0.4 is 9.47 Å². The fraction of sp³-hybridized carbons (Fsp3) is 0.381. The second kappa shape index (κ2) is 10.4. The molecule has 0 amide bonds. The molecule has 0 saturated heterocycles. The van der Waals surface area contributed by atoms with E-state index in [0.29, 0.717) is 5.71 Å². The molecule has 0 bridgehead atoms. The Labute approximate surface area is 150 Å². The van der Waals surface area contributed by atoms with E-state index < -0.39 is 0 Å². The van der Waals surface area contributed by atoms with E-state index in [9.17, 15) is 5.21 Å². The van der Waals surface area contributed by atoms with Crippen LogP contribution in [0.4, 0.5) is 0 Å². The van der Waals surface area contributed by atoms with Gasteiger partial charge in [0.05, 0.1) is 13.7 Å². The van der Waals surface area contributed by atoms with E-state index in [2.05, 4.69) is 12.1 Å². The summed E-state index contributed by atoms with van der Waals surface area (Å²) in [5, 5.41) is 12.9. The Morgan fingerprint density at radius 2 is 1.68 bits per heavy atom. The van der Waals surface area contributed by atoms with Gasteiger partial charge in [0.2, 0.25) is 0 Å². The number of oxime groups is 1. The molecule has 2 rings (SSSR count). The zero-order valence-electron chi connectivity index (χ0n) is 15.1. The van der Waals surface area contributed by atoms with Crippen molar-refractivity contribution < 1.29 is 14.7 Å². The van der Waals surface area contributed by atoms with Crippen molar-refractivity contribution in [2.45, 2.75) is 39.0 Å². The third kappa shape index (κ3) is 5.82. The van der Waals surface area contributed by atoms with Gasteiger partial charge >= 0.3 is 0 Å². The number of unbranched alkanes of at least 4 members (excludes halogenated alkanes) is 4. The van der Waals surface area contributed by atoms with Gasteiger partial charge < -0.3 is 14.7 Å². The number of rotatable bonds is 10. The Hall–Kier alpha value is -2.49. The summed E-state index contributed by atoms with van der Waals surface area (Å²) in [7, 11) is 1.61. The van der Waals surface area contributed by atoms with Crippen LogP contribution in [0.1, 0.15) is 50.2 Å². The first kappa shape index (κ1) is 18.8. The summed E-state index contributed by atoms with van der Waals surface area (Å²) in [5.41, 5.74) is 2.13. The van der Waals surface area contributed by atoms with Crippen molar-refractivity contribution in [3.63, 3.8) is 0 Å². The molecule has 0 aliphatic rings. The van der Waals surface area contributed by atoms with E-state index in [1.165, 1.54) is 25.7 Å². The minimum absolute atomic E-state index is 0.505. The lowest BCUT2D eigenvalue weighted by atomic mass is 10.0. The van der Waals surface area contributed by atoms with Gasteiger partial charge in [0, 0.05) is 11.1 Å². The highest BCUT2D eigenvalue weighted by Crippen LogP contribution is 2.19. The maximum absolute atomic E-state index is 9.43. The summed E-state index contributed by atoms with van der Waals surface area (Å²) < 4.78 is 11.0. The molecule has 134 valence electrons. The van der Waals surface area contributed by atoms with Crippen LogP contribution in [0.25, 0.3) is 0 Å². The van der Waals surface area contributed by atoms with Crippen LogP contribution in [-0.2, 0) is 0 Å². The zero-order valence-corrected chi connectivity index (χ0v) is 15.1. The summed E-state index contributed by atoms with van der Waals surface area (Å²) >= 11 is 0. The van der Waals surface area contributed by atoms with Gasteiger partial charge in [0.25, 0.3) is 0 Å². The van der Waals surface area contributed by atoms with Gasteiger partial charge in [0.1, 0.15) is 17.2 Å². The summed E-state index contributed by atoms with van der Waals surface area (Å²) in [4.78, 5) is 0. The molecular formula is C21H27NO3. The first-order chi connectivity index (χ1) is 12.3. The fourth-order valence-corrected chi connectivity index (χ4v) is 2.66. The smallest absolute Gasteiger partial charge is 0.119 e. The van der Waals surface area contributed by atoms with Crippen LogP contribution in [0.5, 0.6) is 11.5 Å². The normalized spacial score (nSPS) is 11.4. The van der Waals surface area contributed by atoms with Crippen LogP contribution in [-0.4, -0.2) is 24.6 Å². The molecule has 2 aromatic rings. The number of hydrogen-bond donors (Lipinski definition) is 1. The molecule has 0 saturated carbocycles. The predicted octanol–water partition coefficient (Wildman–Crippen LogP) is 5.27. The first-order valence-electron chi connectivity index (χ1n) is 8.88. The topological polar surface area (TPSA) is 51.0 Å².